The van der Waals surface area contributed by atoms with Crippen LogP contribution in [0.2, 0.25) is 0 Å². The number of likely N-dealkylation sites (N-methyl/N-ethyl adjacent to an activating group) is 1. The van der Waals surface area contributed by atoms with Crippen molar-refractivity contribution < 1.29 is 0 Å². The first-order chi connectivity index (χ1) is 8.65. The second kappa shape index (κ2) is 8.92. The molecule has 1 rings (SSSR count). The van der Waals surface area contributed by atoms with E-state index in [0.29, 0.717) is 0 Å². The van der Waals surface area contributed by atoms with Crippen molar-refractivity contribution in [2.45, 2.75) is 65.8 Å². The summed E-state index contributed by atoms with van der Waals surface area (Å²) in [5, 5.41) is 3.76. The molecule has 0 aliphatic heterocycles. The van der Waals surface area contributed by atoms with E-state index < -0.39 is 0 Å². The van der Waals surface area contributed by atoms with Crippen LogP contribution in [0.5, 0.6) is 0 Å². The van der Waals surface area contributed by atoms with Crippen molar-refractivity contribution in [3.05, 3.63) is 0 Å². The second-order valence-corrected chi connectivity index (χ2v) is 6.32. The molecule has 0 radical (unpaired) electrons. The highest BCUT2D eigenvalue weighted by Gasteiger charge is 2.17. The van der Waals surface area contributed by atoms with Gasteiger partial charge in [-0.2, -0.15) is 0 Å². The summed E-state index contributed by atoms with van der Waals surface area (Å²) in [5.41, 5.74) is 0. The Balaban J connectivity index is 2.11. The first-order valence-electron chi connectivity index (χ1n) is 8.11. The Morgan fingerprint density at radius 3 is 2.39 bits per heavy atom. The molecule has 0 saturated heterocycles. The maximum atomic E-state index is 3.76. The number of nitrogens with one attached hydrogen (secondary N) is 1. The molecule has 1 saturated carbocycles. The summed E-state index contributed by atoms with van der Waals surface area (Å²) in [5.74, 6) is 1.79. The van der Waals surface area contributed by atoms with Crippen LogP contribution in [0.25, 0.3) is 0 Å². The van der Waals surface area contributed by atoms with Crippen molar-refractivity contribution in [2.75, 3.05) is 26.2 Å². The molecule has 1 aliphatic carbocycles. The van der Waals surface area contributed by atoms with Crippen LogP contribution in [-0.2, 0) is 0 Å². The Kier molecular flexibility index (Phi) is 7.92. The lowest BCUT2D eigenvalue weighted by Crippen LogP contribution is -2.40. The lowest BCUT2D eigenvalue weighted by Gasteiger charge is -2.29. The molecule has 108 valence electrons. The highest BCUT2D eigenvalue weighted by Crippen LogP contribution is 2.23. The molecule has 0 spiro atoms. The molecule has 1 aliphatic rings. The predicted molar refractivity (Wildman–Crippen MR) is 81.0 cm³/mol. The molecular formula is C16H34N2. The zero-order valence-corrected chi connectivity index (χ0v) is 13.0. The smallest absolute Gasteiger partial charge is 0.0107 e. The molecule has 2 heteroatoms. The van der Waals surface area contributed by atoms with Crippen molar-refractivity contribution in [1.82, 2.24) is 10.2 Å². The summed E-state index contributed by atoms with van der Waals surface area (Å²) < 4.78 is 0. The van der Waals surface area contributed by atoms with E-state index in [4.69, 9.17) is 0 Å². The van der Waals surface area contributed by atoms with Crippen molar-refractivity contribution >= 4 is 0 Å². The minimum atomic E-state index is 0.795. The first-order valence-corrected chi connectivity index (χ1v) is 8.11. The fraction of sp³-hybridized carbons (Fsp3) is 1.00. The molecule has 0 aromatic heterocycles. The van der Waals surface area contributed by atoms with Crippen LogP contribution in [0.1, 0.15) is 59.8 Å². The topological polar surface area (TPSA) is 15.3 Å². The van der Waals surface area contributed by atoms with Gasteiger partial charge in [0.25, 0.3) is 0 Å². The van der Waals surface area contributed by atoms with Crippen molar-refractivity contribution in [2.24, 2.45) is 11.8 Å². The van der Waals surface area contributed by atoms with Gasteiger partial charge in [-0.1, -0.05) is 34.1 Å². The number of rotatable bonds is 8. The van der Waals surface area contributed by atoms with E-state index in [1.54, 1.807) is 0 Å². The fourth-order valence-electron chi connectivity index (χ4n) is 2.84. The van der Waals surface area contributed by atoms with Gasteiger partial charge in [0.05, 0.1) is 0 Å². The lowest BCUT2D eigenvalue weighted by atomic mass is 9.87. The Hall–Kier alpha value is -0.0800. The Morgan fingerprint density at radius 1 is 1.17 bits per heavy atom. The minimum absolute atomic E-state index is 0.795. The second-order valence-electron chi connectivity index (χ2n) is 6.32. The standard InChI is InChI=1S/C16H34N2/c1-5-14(3)13-18(6-2)12-11-17-16-9-7-15(4)8-10-16/h14-17H,5-13H2,1-4H3. The van der Waals surface area contributed by atoms with Gasteiger partial charge in [-0.05, 0) is 44.1 Å². The average molecular weight is 254 g/mol. The first kappa shape index (κ1) is 16.0. The Bertz CT molecular complexity index is 197. The van der Waals surface area contributed by atoms with E-state index in [0.717, 1.165) is 17.9 Å². The SMILES string of the molecule is CCC(C)CN(CC)CCNC1CCC(C)CC1. The third-order valence-corrected chi connectivity index (χ3v) is 4.59. The van der Waals surface area contributed by atoms with E-state index >= 15 is 0 Å². The van der Waals surface area contributed by atoms with Crippen LogP contribution in [-0.4, -0.2) is 37.1 Å². The maximum absolute atomic E-state index is 3.76. The number of nitrogens with zero attached hydrogens (tertiary/aromatic N) is 1. The zero-order chi connectivity index (χ0) is 13.4. The van der Waals surface area contributed by atoms with Crippen LogP contribution in [0.4, 0.5) is 0 Å². The predicted octanol–water partition coefficient (Wildman–Crippen LogP) is 3.52. The van der Waals surface area contributed by atoms with Gasteiger partial charge in [0.15, 0.2) is 0 Å². The lowest BCUT2D eigenvalue weighted by molar-refractivity contribution is 0.233. The van der Waals surface area contributed by atoms with Gasteiger partial charge < -0.3 is 10.2 Å². The number of hydrogen-bond acceptors (Lipinski definition) is 2. The summed E-state index contributed by atoms with van der Waals surface area (Å²) in [6, 6.07) is 0.795. The third-order valence-electron chi connectivity index (χ3n) is 4.59. The summed E-state index contributed by atoms with van der Waals surface area (Å²) in [4.78, 5) is 2.59. The molecule has 0 amide bonds. The molecule has 18 heavy (non-hydrogen) atoms. The average Bonchev–Trinajstić information content (AvgIpc) is 2.39. The van der Waals surface area contributed by atoms with Gasteiger partial charge in [0.1, 0.15) is 0 Å². The zero-order valence-electron chi connectivity index (χ0n) is 13.0. The van der Waals surface area contributed by atoms with E-state index in [2.05, 4.69) is 37.9 Å². The minimum Gasteiger partial charge on any atom is -0.313 e. The van der Waals surface area contributed by atoms with E-state index in [1.807, 2.05) is 0 Å². The summed E-state index contributed by atoms with van der Waals surface area (Å²) in [6.45, 7) is 14.2. The van der Waals surface area contributed by atoms with Crippen LogP contribution in [0.3, 0.4) is 0 Å². The molecule has 0 bridgehead atoms. The van der Waals surface area contributed by atoms with Gasteiger partial charge in [0.2, 0.25) is 0 Å². The summed E-state index contributed by atoms with van der Waals surface area (Å²) in [7, 11) is 0. The molecule has 0 aromatic rings. The molecule has 0 aromatic carbocycles. The van der Waals surface area contributed by atoms with E-state index in [1.165, 1.54) is 58.3 Å². The van der Waals surface area contributed by atoms with Gasteiger partial charge in [0, 0.05) is 25.7 Å². The highest BCUT2D eigenvalue weighted by molar-refractivity contribution is 4.75. The van der Waals surface area contributed by atoms with E-state index in [9.17, 15) is 0 Å². The molecule has 1 unspecified atom stereocenters. The van der Waals surface area contributed by atoms with Crippen molar-refractivity contribution in [3.8, 4) is 0 Å². The van der Waals surface area contributed by atoms with Crippen LogP contribution >= 0.6 is 0 Å². The molecule has 1 N–H and O–H groups in total. The summed E-state index contributed by atoms with van der Waals surface area (Å²) in [6.07, 6.45) is 6.91. The summed E-state index contributed by atoms with van der Waals surface area (Å²) >= 11 is 0. The quantitative estimate of drug-likeness (QED) is 0.713. The highest BCUT2D eigenvalue weighted by atomic mass is 15.1. The Labute approximate surface area is 115 Å². The van der Waals surface area contributed by atoms with Gasteiger partial charge in [-0.3, -0.25) is 0 Å². The molecule has 1 atom stereocenters. The van der Waals surface area contributed by atoms with Crippen molar-refractivity contribution in [3.63, 3.8) is 0 Å². The maximum Gasteiger partial charge on any atom is 0.0107 e. The van der Waals surface area contributed by atoms with Crippen LogP contribution < -0.4 is 5.32 Å². The van der Waals surface area contributed by atoms with Crippen molar-refractivity contribution in [1.29, 1.82) is 0 Å². The fourth-order valence-corrected chi connectivity index (χ4v) is 2.84. The van der Waals surface area contributed by atoms with Gasteiger partial charge in [-0.15, -0.1) is 0 Å². The van der Waals surface area contributed by atoms with Crippen LogP contribution in [0, 0.1) is 11.8 Å². The molecule has 2 nitrogen and oxygen atoms in total. The molecular weight excluding hydrogens is 220 g/mol. The monoisotopic (exact) mass is 254 g/mol. The Morgan fingerprint density at radius 2 is 1.83 bits per heavy atom. The number of hydrogen-bond donors (Lipinski definition) is 1. The van der Waals surface area contributed by atoms with Crippen LogP contribution in [0.15, 0.2) is 0 Å². The largest absolute Gasteiger partial charge is 0.313 e. The van der Waals surface area contributed by atoms with E-state index in [-0.39, 0.29) is 0 Å². The normalized spacial score (nSPS) is 26.5. The van der Waals surface area contributed by atoms with Gasteiger partial charge >= 0.3 is 0 Å². The molecule has 0 heterocycles. The molecule has 1 fully saturated rings. The third kappa shape index (κ3) is 6.19. The van der Waals surface area contributed by atoms with Gasteiger partial charge in [-0.25, -0.2) is 0 Å².